The van der Waals surface area contributed by atoms with Crippen molar-refractivity contribution in [2.75, 3.05) is 0 Å². The van der Waals surface area contributed by atoms with Gasteiger partial charge in [-0.1, -0.05) is 13.8 Å². The molecule has 0 fully saturated rings. The second-order valence-electron chi connectivity index (χ2n) is 4.80. The Morgan fingerprint density at radius 3 is 2.72 bits per heavy atom. The molecule has 1 N–H and O–H groups in total. The Morgan fingerprint density at radius 2 is 2.11 bits per heavy atom. The molecule has 0 aliphatic heterocycles. The highest BCUT2D eigenvalue weighted by Crippen LogP contribution is 2.03. The maximum absolute atomic E-state index is 4.36. The van der Waals surface area contributed by atoms with Gasteiger partial charge in [-0.3, -0.25) is 0 Å². The summed E-state index contributed by atoms with van der Waals surface area (Å²) in [4.78, 5) is 4.36. The third-order valence-corrected chi connectivity index (χ3v) is 2.88. The van der Waals surface area contributed by atoms with E-state index in [0.717, 1.165) is 23.9 Å². The van der Waals surface area contributed by atoms with E-state index < -0.39 is 0 Å². The number of hydrogen-bond acceptors (Lipinski definition) is 4. The van der Waals surface area contributed by atoms with E-state index in [9.17, 15) is 0 Å². The van der Waals surface area contributed by atoms with Crippen molar-refractivity contribution < 1.29 is 0 Å². The van der Waals surface area contributed by atoms with Crippen LogP contribution >= 0.6 is 0 Å². The maximum Gasteiger partial charge on any atom is 0.152 e. The van der Waals surface area contributed by atoms with Gasteiger partial charge in [-0.25, -0.2) is 4.98 Å². The zero-order chi connectivity index (χ0) is 13.1. The van der Waals surface area contributed by atoms with E-state index in [1.54, 1.807) is 0 Å². The highest BCUT2D eigenvalue weighted by molar-refractivity contribution is 5.00. The molecule has 0 saturated heterocycles. The van der Waals surface area contributed by atoms with Crippen molar-refractivity contribution >= 4 is 0 Å². The molecule has 0 bridgehead atoms. The van der Waals surface area contributed by atoms with Gasteiger partial charge < -0.3 is 14.5 Å². The zero-order valence-corrected chi connectivity index (χ0v) is 11.4. The van der Waals surface area contributed by atoms with Crippen molar-refractivity contribution in [3.8, 4) is 0 Å². The largest absolute Gasteiger partial charge is 0.329 e. The van der Waals surface area contributed by atoms with E-state index >= 15 is 0 Å². The Kier molecular flexibility index (Phi) is 3.76. The molecular formula is C12H20N6. The molecule has 0 saturated carbocycles. The first kappa shape index (κ1) is 12.8. The number of aryl methyl sites for hydroxylation is 1. The van der Waals surface area contributed by atoms with Gasteiger partial charge in [0.15, 0.2) is 5.82 Å². The Morgan fingerprint density at radius 1 is 1.33 bits per heavy atom. The summed E-state index contributed by atoms with van der Waals surface area (Å²) < 4.78 is 4.02. The molecule has 0 amide bonds. The maximum atomic E-state index is 4.36. The molecule has 0 aromatic carbocycles. The standard InChI is InChI=1S/C12H20N6/c1-9(2)13-5-11-6-18(8-14-11)7-12-16-15-10(3)17(12)4/h6,8-9,13H,5,7H2,1-4H3. The fourth-order valence-electron chi connectivity index (χ4n) is 1.64. The van der Waals surface area contributed by atoms with Crippen LogP contribution in [0.15, 0.2) is 12.5 Å². The highest BCUT2D eigenvalue weighted by Gasteiger charge is 2.06. The molecule has 18 heavy (non-hydrogen) atoms. The average molecular weight is 248 g/mol. The van der Waals surface area contributed by atoms with E-state index in [-0.39, 0.29) is 0 Å². The third-order valence-electron chi connectivity index (χ3n) is 2.88. The zero-order valence-electron chi connectivity index (χ0n) is 11.4. The van der Waals surface area contributed by atoms with Crippen LogP contribution in [0.2, 0.25) is 0 Å². The lowest BCUT2D eigenvalue weighted by Crippen LogP contribution is -2.21. The summed E-state index contributed by atoms with van der Waals surface area (Å²) in [6.07, 6.45) is 3.88. The van der Waals surface area contributed by atoms with Gasteiger partial charge in [0, 0.05) is 25.8 Å². The topological polar surface area (TPSA) is 60.6 Å². The molecule has 2 rings (SSSR count). The van der Waals surface area contributed by atoms with E-state index in [1.807, 2.05) is 35.6 Å². The molecule has 6 heteroatoms. The highest BCUT2D eigenvalue weighted by atomic mass is 15.3. The molecule has 2 aromatic rings. The van der Waals surface area contributed by atoms with Crippen molar-refractivity contribution in [3.05, 3.63) is 29.9 Å². The molecule has 6 nitrogen and oxygen atoms in total. The lowest BCUT2D eigenvalue weighted by atomic mass is 10.3. The van der Waals surface area contributed by atoms with E-state index in [4.69, 9.17) is 0 Å². The summed E-state index contributed by atoms with van der Waals surface area (Å²) in [7, 11) is 1.98. The fourth-order valence-corrected chi connectivity index (χ4v) is 1.64. The minimum absolute atomic E-state index is 0.469. The summed E-state index contributed by atoms with van der Waals surface area (Å²) in [6, 6.07) is 0.469. The van der Waals surface area contributed by atoms with Crippen molar-refractivity contribution in [1.29, 1.82) is 0 Å². The van der Waals surface area contributed by atoms with Crippen LogP contribution < -0.4 is 5.32 Å². The Balaban J connectivity index is 2.00. The first-order chi connectivity index (χ1) is 8.56. The average Bonchev–Trinajstić information content (AvgIpc) is 2.89. The van der Waals surface area contributed by atoms with Crippen LogP contribution in [-0.2, 0) is 20.1 Å². The van der Waals surface area contributed by atoms with Crippen molar-refractivity contribution in [2.24, 2.45) is 7.05 Å². The van der Waals surface area contributed by atoms with E-state index in [1.165, 1.54) is 0 Å². The first-order valence-corrected chi connectivity index (χ1v) is 6.15. The SMILES string of the molecule is Cc1nnc(Cn2cnc(CNC(C)C)c2)n1C. The van der Waals surface area contributed by atoms with Crippen LogP contribution in [0.4, 0.5) is 0 Å². The Labute approximate surface area is 107 Å². The number of imidazole rings is 1. The quantitative estimate of drug-likeness (QED) is 0.853. The smallest absolute Gasteiger partial charge is 0.152 e. The molecular weight excluding hydrogens is 228 g/mol. The van der Waals surface area contributed by atoms with Gasteiger partial charge in [-0.05, 0) is 6.92 Å². The molecule has 2 aromatic heterocycles. The summed E-state index contributed by atoms with van der Waals surface area (Å²) >= 11 is 0. The lowest BCUT2D eigenvalue weighted by Gasteiger charge is -2.05. The van der Waals surface area contributed by atoms with Crippen molar-refractivity contribution in [3.63, 3.8) is 0 Å². The van der Waals surface area contributed by atoms with Crippen LogP contribution in [0.5, 0.6) is 0 Å². The summed E-state index contributed by atoms with van der Waals surface area (Å²) in [5.74, 6) is 1.86. The Hall–Kier alpha value is -1.69. The number of aromatic nitrogens is 5. The van der Waals surface area contributed by atoms with Gasteiger partial charge in [0.1, 0.15) is 5.82 Å². The predicted octanol–water partition coefficient (Wildman–Crippen LogP) is 0.866. The second-order valence-corrected chi connectivity index (χ2v) is 4.80. The van der Waals surface area contributed by atoms with Crippen LogP contribution in [-0.4, -0.2) is 30.4 Å². The molecule has 0 unspecified atom stereocenters. The van der Waals surface area contributed by atoms with Gasteiger partial charge in [0.05, 0.1) is 18.6 Å². The van der Waals surface area contributed by atoms with Gasteiger partial charge in [-0.2, -0.15) is 0 Å². The van der Waals surface area contributed by atoms with Gasteiger partial charge in [0.2, 0.25) is 0 Å². The fraction of sp³-hybridized carbons (Fsp3) is 0.583. The molecule has 98 valence electrons. The second kappa shape index (κ2) is 5.30. The predicted molar refractivity (Wildman–Crippen MR) is 69.0 cm³/mol. The van der Waals surface area contributed by atoms with Crippen molar-refractivity contribution in [1.82, 2.24) is 29.6 Å². The normalized spacial score (nSPS) is 11.4. The lowest BCUT2D eigenvalue weighted by molar-refractivity contribution is 0.582. The third kappa shape index (κ3) is 2.95. The summed E-state index contributed by atoms with van der Waals surface area (Å²) in [5, 5.41) is 11.5. The molecule has 0 atom stereocenters. The van der Waals surface area contributed by atoms with Crippen LogP contribution in [0.25, 0.3) is 0 Å². The summed E-state index contributed by atoms with van der Waals surface area (Å²) in [5.41, 5.74) is 1.04. The van der Waals surface area contributed by atoms with Gasteiger partial charge in [0.25, 0.3) is 0 Å². The number of hydrogen-bond donors (Lipinski definition) is 1. The van der Waals surface area contributed by atoms with Gasteiger partial charge >= 0.3 is 0 Å². The molecule has 0 spiro atoms. The van der Waals surface area contributed by atoms with Crippen LogP contribution in [0.3, 0.4) is 0 Å². The van der Waals surface area contributed by atoms with Crippen molar-refractivity contribution in [2.45, 2.75) is 39.9 Å². The van der Waals surface area contributed by atoms with Crippen LogP contribution in [0.1, 0.15) is 31.2 Å². The number of rotatable bonds is 5. The van der Waals surface area contributed by atoms with E-state index in [0.29, 0.717) is 12.6 Å². The molecule has 0 aliphatic rings. The Bertz CT molecular complexity index is 510. The molecule has 0 aliphatic carbocycles. The number of nitrogens with zero attached hydrogens (tertiary/aromatic N) is 5. The minimum atomic E-state index is 0.469. The van der Waals surface area contributed by atoms with E-state index in [2.05, 4.69) is 34.3 Å². The summed E-state index contributed by atoms with van der Waals surface area (Å²) in [6.45, 7) is 7.69. The van der Waals surface area contributed by atoms with Crippen LogP contribution in [0, 0.1) is 6.92 Å². The monoisotopic (exact) mass is 248 g/mol. The first-order valence-electron chi connectivity index (χ1n) is 6.15. The number of nitrogens with one attached hydrogen (secondary N) is 1. The molecule has 0 radical (unpaired) electrons. The molecule has 2 heterocycles. The minimum Gasteiger partial charge on any atom is -0.329 e. The van der Waals surface area contributed by atoms with Gasteiger partial charge in [-0.15, -0.1) is 10.2 Å².